The van der Waals surface area contributed by atoms with Crippen molar-refractivity contribution in [2.24, 2.45) is 0 Å². The standard InChI is InChI=1S/C10H6NO4.3C4H9.Sn/c12-10-5-7(6-15-10)8-3-1-2-4-9(8)11(13)14;3*1-3-4-2;/h1-4H,6H2;3*1,3-4H2,2H3;. The van der Waals surface area contributed by atoms with Gasteiger partial charge in [0.1, 0.15) is 0 Å². The van der Waals surface area contributed by atoms with Crippen LogP contribution in [0.15, 0.2) is 27.9 Å². The van der Waals surface area contributed by atoms with Crippen molar-refractivity contribution < 1.29 is 14.5 Å². The van der Waals surface area contributed by atoms with E-state index in [1.807, 2.05) is 6.07 Å². The first-order valence-corrected chi connectivity index (χ1v) is 18.1. The minimum atomic E-state index is -3.06. The number of carbonyl (C=O) groups excluding carboxylic acids is 1. The van der Waals surface area contributed by atoms with Crippen molar-refractivity contribution in [3.63, 3.8) is 0 Å². The average molecular weight is 494 g/mol. The summed E-state index contributed by atoms with van der Waals surface area (Å²) in [5.74, 6) is -0.188. The van der Waals surface area contributed by atoms with Crippen LogP contribution in [0.1, 0.15) is 64.9 Å². The molecule has 28 heavy (non-hydrogen) atoms. The maximum absolute atomic E-state index is 13.0. The van der Waals surface area contributed by atoms with Crippen LogP contribution in [-0.2, 0) is 9.53 Å². The third-order valence-electron chi connectivity index (χ3n) is 5.84. The van der Waals surface area contributed by atoms with Gasteiger partial charge in [-0.3, -0.25) is 0 Å². The number of ether oxygens (including phenoxy) is 1. The molecule has 0 saturated heterocycles. The molecule has 1 aliphatic heterocycles. The molecule has 1 aromatic rings. The van der Waals surface area contributed by atoms with E-state index in [1.165, 1.54) is 6.07 Å². The Hall–Kier alpha value is -1.37. The van der Waals surface area contributed by atoms with Gasteiger partial charge in [0.15, 0.2) is 0 Å². The fourth-order valence-corrected chi connectivity index (χ4v) is 21.3. The topological polar surface area (TPSA) is 69.4 Å². The quantitative estimate of drug-likeness (QED) is 0.148. The molecular formula is C22H33NO4Sn. The van der Waals surface area contributed by atoms with Gasteiger partial charge in [-0.2, -0.15) is 0 Å². The number of hydrogen-bond donors (Lipinski definition) is 0. The molecule has 0 aliphatic carbocycles. The molecule has 1 aromatic carbocycles. The van der Waals surface area contributed by atoms with Crippen molar-refractivity contribution in [1.82, 2.24) is 0 Å². The Labute approximate surface area is 172 Å². The summed E-state index contributed by atoms with van der Waals surface area (Å²) in [4.78, 5) is 24.2. The van der Waals surface area contributed by atoms with Crippen LogP contribution in [0, 0.1) is 10.1 Å². The van der Waals surface area contributed by atoms with Gasteiger partial charge in [-0.15, -0.1) is 0 Å². The molecule has 154 valence electrons. The van der Waals surface area contributed by atoms with Crippen LogP contribution < -0.4 is 0 Å². The number of benzene rings is 1. The van der Waals surface area contributed by atoms with Gasteiger partial charge in [0.2, 0.25) is 0 Å². The molecule has 0 fully saturated rings. The Morgan fingerprint density at radius 1 is 1.00 bits per heavy atom. The molecule has 2 rings (SSSR count). The Morgan fingerprint density at radius 2 is 1.54 bits per heavy atom. The molecule has 1 heterocycles. The molecule has 0 spiro atoms. The van der Waals surface area contributed by atoms with Gasteiger partial charge < -0.3 is 0 Å². The number of unbranched alkanes of at least 4 members (excludes halogenated alkanes) is 3. The van der Waals surface area contributed by atoms with Crippen LogP contribution in [0.25, 0.3) is 5.57 Å². The fourth-order valence-electron chi connectivity index (χ4n) is 4.34. The van der Waals surface area contributed by atoms with Crippen molar-refractivity contribution in [3.8, 4) is 0 Å². The van der Waals surface area contributed by atoms with E-state index < -0.39 is 18.4 Å². The number of para-hydroxylation sites is 1. The van der Waals surface area contributed by atoms with Gasteiger partial charge in [0.25, 0.3) is 0 Å². The van der Waals surface area contributed by atoms with Crippen molar-refractivity contribution in [2.75, 3.05) is 6.61 Å². The normalized spacial score (nSPS) is 14.5. The van der Waals surface area contributed by atoms with Gasteiger partial charge in [-0.1, -0.05) is 0 Å². The predicted molar refractivity (Wildman–Crippen MR) is 116 cm³/mol. The Kier molecular flexibility index (Phi) is 8.98. The van der Waals surface area contributed by atoms with Crippen LogP contribution in [0.4, 0.5) is 5.69 Å². The molecule has 0 radical (unpaired) electrons. The molecule has 6 heteroatoms. The summed E-state index contributed by atoms with van der Waals surface area (Å²) >= 11 is -3.06. The van der Waals surface area contributed by atoms with Gasteiger partial charge in [-0.25, -0.2) is 0 Å². The number of nitro benzene ring substituents is 1. The summed E-state index contributed by atoms with van der Waals surface area (Å²) in [6.45, 7) is 6.77. The molecule has 0 bridgehead atoms. The molecule has 0 aromatic heterocycles. The summed E-state index contributed by atoms with van der Waals surface area (Å²) in [6, 6.07) is 6.81. The zero-order valence-electron chi connectivity index (χ0n) is 17.5. The second-order valence-electron chi connectivity index (χ2n) is 7.79. The SMILES string of the molecule is CCC[CH2][Sn]([CH2]CCC)([CH2]CCC)[C]1=C(c2ccccc2[N+](=O)[O-])COC1=O. The number of cyclic esters (lactones) is 1. The van der Waals surface area contributed by atoms with E-state index in [-0.39, 0.29) is 23.2 Å². The summed E-state index contributed by atoms with van der Waals surface area (Å²) in [5.41, 5.74) is 1.48. The van der Waals surface area contributed by atoms with Crippen molar-refractivity contribution in [1.29, 1.82) is 0 Å². The van der Waals surface area contributed by atoms with Crippen molar-refractivity contribution in [2.45, 2.75) is 72.6 Å². The first kappa shape index (κ1) is 22.9. The molecule has 0 unspecified atom stereocenters. The summed E-state index contributed by atoms with van der Waals surface area (Å²) in [5, 5.41) is 11.6. The van der Waals surface area contributed by atoms with Crippen LogP contribution >= 0.6 is 0 Å². The molecule has 0 atom stereocenters. The van der Waals surface area contributed by atoms with Gasteiger partial charge >= 0.3 is 173 Å². The van der Waals surface area contributed by atoms with Gasteiger partial charge in [-0.05, 0) is 0 Å². The van der Waals surface area contributed by atoms with E-state index in [4.69, 9.17) is 4.74 Å². The molecule has 5 nitrogen and oxygen atoms in total. The molecule has 0 amide bonds. The monoisotopic (exact) mass is 495 g/mol. The Bertz CT molecular complexity index is 707. The third kappa shape index (κ3) is 5.16. The number of hydrogen-bond acceptors (Lipinski definition) is 4. The molecular weight excluding hydrogens is 461 g/mol. The summed E-state index contributed by atoms with van der Waals surface area (Å²) < 4.78 is 9.86. The Morgan fingerprint density at radius 3 is 2.04 bits per heavy atom. The first-order chi connectivity index (χ1) is 13.5. The molecule has 0 saturated carbocycles. The number of rotatable bonds is 12. The number of carbonyl (C=O) groups is 1. The fraction of sp³-hybridized carbons (Fsp3) is 0.591. The van der Waals surface area contributed by atoms with E-state index in [2.05, 4.69) is 20.8 Å². The van der Waals surface area contributed by atoms with Crippen molar-refractivity contribution >= 4 is 35.6 Å². The van der Waals surface area contributed by atoms with Gasteiger partial charge in [0, 0.05) is 0 Å². The number of nitrogens with zero attached hydrogens (tertiary/aromatic N) is 1. The second-order valence-corrected chi connectivity index (χ2v) is 20.8. The van der Waals surface area contributed by atoms with Crippen molar-refractivity contribution in [3.05, 3.63) is 43.5 Å². The van der Waals surface area contributed by atoms with E-state index >= 15 is 0 Å². The number of nitro groups is 1. The third-order valence-corrected chi connectivity index (χ3v) is 21.5. The molecule has 0 N–H and O–H groups in total. The van der Waals surface area contributed by atoms with Crippen LogP contribution in [0.3, 0.4) is 0 Å². The summed E-state index contributed by atoms with van der Waals surface area (Å²) in [6.07, 6.45) is 6.72. The average Bonchev–Trinajstić information content (AvgIpc) is 3.09. The van der Waals surface area contributed by atoms with E-state index in [1.54, 1.807) is 12.1 Å². The van der Waals surface area contributed by atoms with Crippen LogP contribution in [0.5, 0.6) is 0 Å². The molecule has 1 aliphatic rings. The Balaban J connectivity index is 2.66. The zero-order valence-corrected chi connectivity index (χ0v) is 20.3. The maximum atomic E-state index is 13.0. The van der Waals surface area contributed by atoms with E-state index in [0.717, 1.165) is 61.0 Å². The summed E-state index contributed by atoms with van der Waals surface area (Å²) in [7, 11) is 0. The first-order valence-electron chi connectivity index (χ1n) is 10.6. The minimum absolute atomic E-state index is 0.0787. The number of esters is 1. The second kappa shape index (κ2) is 11.0. The van der Waals surface area contributed by atoms with Crippen LogP contribution in [-0.4, -0.2) is 35.9 Å². The van der Waals surface area contributed by atoms with E-state index in [0.29, 0.717) is 5.56 Å². The van der Waals surface area contributed by atoms with E-state index in [9.17, 15) is 14.9 Å². The predicted octanol–water partition coefficient (Wildman–Crippen LogP) is 6.29. The zero-order chi connectivity index (χ0) is 20.6. The van der Waals surface area contributed by atoms with Crippen LogP contribution in [0.2, 0.25) is 13.3 Å². The van der Waals surface area contributed by atoms with Gasteiger partial charge in [0.05, 0.1) is 0 Å².